The van der Waals surface area contributed by atoms with Gasteiger partial charge in [0.05, 0.1) is 0 Å². The van der Waals surface area contributed by atoms with Crippen LogP contribution in [-0.4, -0.2) is 23.4 Å². The largest absolute Gasteiger partial charge is 0.298 e. The Bertz CT molecular complexity index is 352. The first-order valence-corrected chi connectivity index (χ1v) is 6.68. The van der Waals surface area contributed by atoms with Crippen LogP contribution in [0.2, 0.25) is 0 Å². The van der Waals surface area contributed by atoms with E-state index in [9.17, 15) is 4.39 Å². The minimum Gasteiger partial charge on any atom is -0.298 e. The van der Waals surface area contributed by atoms with Crippen LogP contribution in [0.4, 0.5) is 4.39 Å². The number of nitrogens with zero attached hydrogens (tertiary/aromatic N) is 1. The maximum Gasteiger partial charge on any atom is 0.124 e. The van der Waals surface area contributed by atoms with Gasteiger partial charge in [0.2, 0.25) is 0 Å². The van der Waals surface area contributed by atoms with Crippen LogP contribution in [0.1, 0.15) is 18.4 Å². The minimum atomic E-state index is -0.191. The Kier molecular flexibility index (Phi) is 4.22. The molecule has 0 N–H and O–H groups in total. The summed E-state index contributed by atoms with van der Waals surface area (Å²) in [5.74, 6) is -0.191. The standard InChI is InChI=1S/C12H14BrClFN/c13-10-4-9(5-12(15)6-10)7-16-3-1-2-11(14)8-16/h4-6,11H,1-3,7-8H2. The van der Waals surface area contributed by atoms with Crippen molar-refractivity contribution in [2.75, 3.05) is 13.1 Å². The second kappa shape index (κ2) is 5.48. The summed E-state index contributed by atoms with van der Waals surface area (Å²) in [6, 6.07) is 5.02. The lowest BCUT2D eigenvalue weighted by Crippen LogP contribution is -2.35. The first kappa shape index (κ1) is 12.3. The molecular formula is C12H14BrClFN. The summed E-state index contributed by atoms with van der Waals surface area (Å²) in [7, 11) is 0. The highest BCUT2D eigenvalue weighted by Crippen LogP contribution is 2.20. The fourth-order valence-corrected chi connectivity index (χ4v) is 2.97. The number of hydrogen-bond donors (Lipinski definition) is 0. The van der Waals surface area contributed by atoms with E-state index in [-0.39, 0.29) is 11.2 Å². The molecule has 4 heteroatoms. The Morgan fingerprint density at radius 3 is 2.94 bits per heavy atom. The number of benzene rings is 1. The van der Waals surface area contributed by atoms with Crippen LogP contribution in [0.25, 0.3) is 0 Å². The maximum atomic E-state index is 13.2. The zero-order chi connectivity index (χ0) is 11.5. The Morgan fingerprint density at radius 1 is 1.44 bits per heavy atom. The molecule has 0 amide bonds. The van der Waals surface area contributed by atoms with Gasteiger partial charge in [-0.05, 0) is 43.1 Å². The second-order valence-corrected chi connectivity index (χ2v) is 5.79. The number of hydrogen-bond acceptors (Lipinski definition) is 1. The van der Waals surface area contributed by atoms with Gasteiger partial charge in [0.25, 0.3) is 0 Å². The zero-order valence-electron chi connectivity index (χ0n) is 8.93. The van der Waals surface area contributed by atoms with Crippen LogP contribution in [-0.2, 0) is 6.54 Å². The molecule has 1 aromatic carbocycles. The first-order chi connectivity index (χ1) is 7.63. The maximum absolute atomic E-state index is 13.2. The molecule has 0 radical (unpaired) electrons. The fourth-order valence-electron chi connectivity index (χ4n) is 2.10. The molecule has 1 unspecified atom stereocenters. The number of halogens is 3. The summed E-state index contributed by atoms with van der Waals surface area (Å²) >= 11 is 9.42. The lowest BCUT2D eigenvalue weighted by Gasteiger charge is -2.29. The Balaban J connectivity index is 2.02. The van der Waals surface area contributed by atoms with Gasteiger partial charge in [-0.3, -0.25) is 4.90 Å². The van der Waals surface area contributed by atoms with Crippen LogP contribution in [0.3, 0.4) is 0 Å². The minimum absolute atomic E-state index is 0.191. The molecule has 1 aromatic rings. The predicted octanol–water partition coefficient (Wildman–Crippen LogP) is 3.79. The van der Waals surface area contributed by atoms with Crippen molar-refractivity contribution in [1.29, 1.82) is 0 Å². The van der Waals surface area contributed by atoms with E-state index in [1.807, 2.05) is 6.07 Å². The van der Waals surface area contributed by atoms with E-state index in [1.54, 1.807) is 6.07 Å². The van der Waals surface area contributed by atoms with Gasteiger partial charge in [-0.15, -0.1) is 11.6 Å². The van der Waals surface area contributed by atoms with E-state index < -0.39 is 0 Å². The Labute approximate surface area is 109 Å². The van der Waals surface area contributed by atoms with E-state index >= 15 is 0 Å². The summed E-state index contributed by atoms with van der Waals surface area (Å²) in [6.07, 6.45) is 2.22. The van der Waals surface area contributed by atoms with Crippen molar-refractivity contribution in [3.63, 3.8) is 0 Å². The molecule has 1 atom stereocenters. The molecule has 1 fully saturated rings. The molecule has 0 aromatic heterocycles. The molecule has 0 bridgehead atoms. The van der Waals surface area contributed by atoms with Crippen LogP contribution in [0.15, 0.2) is 22.7 Å². The fraction of sp³-hybridized carbons (Fsp3) is 0.500. The molecule has 0 aliphatic carbocycles. The molecule has 1 heterocycles. The van der Waals surface area contributed by atoms with Gasteiger partial charge >= 0.3 is 0 Å². The van der Waals surface area contributed by atoms with Crippen molar-refractivity contribution < 1.29 is 4.39 Å². The van der Waals surface area contributed by atoms with Crippen LogP contribution in [0.5, 0.6) is 0 Å². The average molecular weight is 307 g/mol. The smallest absolute Gasteiger partial charge is 0.124 e. The van der Waals surface area contributed by atoms with Crippen molar-refractivity contribution in [3.05, 3.63) is 34.1 Å². The Hall–Kier alpha value is -0.120. The number of likely N-dealkylation sites (tertiary alicyclic amines) is 1. The van der Waals surface area contributed by atoms with Gasteiger partial charge in [-0.25, -0.2) is 4.39 Å². The number of piperidine rings is 1. The number of alkyl halides is 1. The topological polar surface area (TPSA) is 3.24 Å². The molecule has 1 nitrogen and oxygen atoms in total. The van der Waals surface area contributed by atoms with Crippen molar-refractivity contribution >= 4 is 27.5 Å². The normalized spacial score (nSPS) is 22.3. The van der Waals surface area contributed by atoms with Gasteiger partial charge in [0.15, 0.2) is 0 Å². The quantitative estimate of drug-likeness (QED) is 0.751. The first-order valence-electron chi connectivity index (χ1n) is 5.45. The summed E-state index contributed by atoms with van der Waals surface area (Å²) in [6.45, 7) is 2.73. The molecule has 1 aliphatic heterocycles. The monoisotopic (exact) mass is 305 g/mol. The van der Waals surface area contributed by atoms with Crippen LogP contribution >= 0.6 is 27.5 Å². The van der Waals surface area contributed by atoms with Crippen LogP contribution < -0.4 is 0 Å². The summed E-state index contributed by atoms with van der Waals surface area (Å²) in [5, 5.41) is 0.241. The molecule has 1 saturated heterocycles. The highest BCUT2D eigenvalue weighted by molar-refractivity contribution is 9.10. The number of rotatable bonds is 2. The summed E-state index contributed by atoms with van der Waals surface area (Å²) in [4.78, 5) is 2.28. The highest BCUT2D eigenvalue weighted by Gasteiger charge is 2.17. The molecule has 0 spiro atoms. The van der Waals surface area contributed by atoms with Gasteiger partial charge in [0.1, 0.15) is 5.82 Å². The molecule has 1 aliphatic rings. The van der Waals surface area contributed by atoms with Crippen molar-refractivity contribution in [1.82, 2.24) is 4.90 Å². The van der Waals surface area contributed by atoms with Gasteiger partial charge < -0.3 is 0 Å². The summed E-state index contributed by atoms with van der Waals surface area (Å²) in [5.41, 5.74) is 0.998. The van der Waals surface area contributed by atoms with Gasteiger partial charge in [0, 0.05) is 22.9 Å². The van der Waals surface area contributed by atoms with Crippen molar-refractivity contribution in [3.8, 4) is 0 Å². The third-order valence-electron chi connectivity index (χ3n) is 2.78. The van der Waals surface area contributed by atoms with E-state index in [0.29, 0.717) is 0 Å². The highest BCUT2D eigenvalue weighted by atomic mass is 79.9. The average Bonchev–Trinajstić information content (AvgIpc) is 2.15. The van der Waals surface area contributed by atoms with E-state index in [0.717, 1.165) is 42.5 Å². The summed E-state index contributed by atoms with van der Waals surface area (Å²) < 4.78 is 14.0. The lowest BCUT2D eigenvalue weighted by molar-refractivity contribution is 0.224. The lowest BCUT2D eigenvalue weighted by atomic mass is 10.1. The van der Waals surface area contributed by atoms with Crippen molar-refractivity contribution in [2.24, 2.45) is 0 Å². The van der Waals surface area contributed by atoms with E-state index in [4.69, 9.17) is 11.6 Å². The molecule has 2 rings (SSSR count). The molecular weight excluding hydrogens is 292 g/mol. The second-order valence-electron chi connectivity index (χ2n) is 4.25. The third kappa shape index (κ3) is 3.44. The van der Waals surface area contributed by atoms with Crippen LogP contribution in [0, 0.1) is 5.82 Å². The van der Waals surface area contributed by atoms with Crippen molar-refractivity contribution in [2.45, 2.75) is 24.8 Å². The molecule has 16 heavy (non-hydrogen) atoms. The molecule has 88 valence electrons. The van der Waals surface area contributed by atoms with E-state index in [2.05, 4.69) is 20.8 Å². The SMILES string of the molecule is Fc1cc(Br)cc(CN2CCCC(Cl)C2)c1. The predicted molar refractivity (Wildman–Crippen MR) is 68.3 cm³/mol. The zero-order valence-corrected chi connectivity index (χ0v) is 11.3. The van der Waals surface area contributed by atoms with E-state index in [1.165, 1.54) is 6.07 Å². The third-order valence-corrected chi connectivity index (χ3v) is 3.59. The molecule has 0 saturated carbocycles. The Morgan fingerprint density at radius 2 is 2.25 bits per heavy atom. The van der Waals surface area contributed by atoms with Gasteiger partial charge in [-0.1, -0.05) is 15.9 Å². The van der Waals surface area contributed by atoms with Gasteiger partial charge in [-0.2, -0.15) is 0 Å².